The van der Waals surface area contributed by atoms with Crippen LogP contribution in [-0.4, -0.2) is 45.8 Å². The van der Waals surface area contributed by atoms with Crippen molar-refractivity contribution in [3.8, 4) is 0 Å². The summed E-state index contributed by atoms with van der Waals surface area (Å²) in [6.45, 7) is 7.45. The molecule has 1 saturated carbocycles. The van der Waals surface area contributed by atoms with Crippen molar-refractivity contribution in [3.63, 3.8) is 0 Å². The first-order valence-corrected chi connectivity index (χ1v) is 11.2. The Balaban J connectivity index is 1.50. The quantitative estimate of drug-likeness (QED) is 0.553. The molecule has 0 amide bonds. The van der Waals surface area contributed by atoms with E-state index in [-0.39, 0.29) is 24.9 Å². The van der Waals surface area contributed by atoms with Crippen LogP contribution < -0.4 is 4.90 Å². The Labute approximate surface area is 190 Å². The van der Waals surface area contributed by atoms with E-state index < -0.39 is 12.1 Å². The SMILES string of the molecule is Cc1cc([C@@H]2CN(c3nc(C4CC(C(F)(F)F)C4)c4cc(C)c(C)nc4n3)CCO2)ccn1. The maximum Gasteiger partial charge on any atom is 0.391 e. The first kappa shape index (κ1) is 22.0. The van der Waals surface area contributed by atoms with E-state index in [9.17, 15) is 13.2 Å². The summed E-state index contributed by atoms with van der Waals surface area (Å²) in [5.74, 6) is -1.01. The number of fused-ring (bicyclic) bond motifs is 1. The van der Waals surface area contributed by atoms with Crippen molar-refractivity contribution >= 4 is 17.0 Å². The largest absolute Gasteiger partial charge is 0.391 e. The molecule has 5 rings (SSSR count). The molecule has 1 saturated heterocycles. The molecule has 33 heavy (non-hydrogen) atoms. The smallest absolute Gasteiger partial charge is 0.370 e. The molecule has 3 aromatic rings. The van der Waals surface area contributed by atoms with E-state index in [1.165, 1.54) is 0 Å². The number of hydrogen-bond donors (Lipinski definition) is 0. The number of aromatic nitrogens is 4. The lowest BCUT2D eigenvalue weighted by Crippen LogP contribution is -2.40. The summed E-state index contributed by atoms with van der Waals surface area (Å²) in [4.78, 5) is 20.5. The molecule has 1 aliphatic heterocycles. The third-order valence-electron chi connectivity index (χ3n) is 6.78. The summed E-state index contributed by atoms with van der Waals surface area (Å²) >= 11 is 0. The number of aryl methyl sites for hydroxylation is 3. The molecule has 3 aromatic heterocycles. The highest BCUT2D eigenvalue weighted by Gasteiger charge is 2.49. The number of alkyl halides is 3. The van der Waals surface area contributed by atoms with Crippen LogP contribution in [0.4, 0.5) is 19.1 Å². The molecule has 1 aliphatic carbocycles. The van der Waals surface area contributed by atoms with Gasteiger partial charge in [-0.15, -0.1) is 0 Å². The number of halogens is 3. The van der Waals surface area contributed by atoms with E-state index in [4.69, 9.17) is 14.7 Å². The Morgan fingerprint density at radius 3 is 2.58 bits per heavy atom. The maximum atomic E-state index is 13.2. The van der Waals surface area contributed by atoms with Crippen molar-refractivity contribution in [1.29, 1.82) is 0 Å². The molecular formula is C24H26F3N5O. The molecule has 0 aromatic carbocycles. The van der Waals surface area contributed by atoms with Gasteiger partial charge in [-0.05, 0) is 62.9 Å². The zero-order chi connectivity index (χ0) is 23.3. The third-order valence-corrected chi connectivity index (χ3v) is 6.78. The number of nitrogens with zero attached hydrogens (tertiary/aromatic N) is 5. The van der Waals surface area contributed by atoms with Crippen LogP contribution in [0.3, 0.4) is 0 Å². The van der Waals surface area contributed by atoms with E-state index >= 15 is 0 Å². The average Bonchev–Trinajstić information content (AvgIpc) is 2.73. The van der Waals surface area contributed by atoms with Crippen LogP contribution in [0.25, 0.3) is 11.0 Å². The zero-order valence-electron chi connectivity index (χ0n) is 18.9. The lowest BCUT2D eigenvalue weighted by molar-refractivity contribution is -0.197. The fourth-order valence-corrected chi connectivity index (χ4v) is 4.62. The predicted octanol–water partition coefficient (Wildman–Crippen LogP) is 4.98. The van der Waals surface area contributed by atoms with Gasteiger partial charge in [-0.25, -0.2) is 9.97 Å². The van der Waals surface area contributed by atoms with Gasteiger partial charge in [0.05, 0.1) is 24.8 Å². The lowest BCUT2D eigenvalue weighted by atomic mass is 9.72. The summed E-state index contributed by atoms with van der Waals surface area (Å²) in [6, 6.07) is 5.90. The van der Waals surface area contributed by atoms with Gasteiger partial charge in [-0.3, -0.25) is 4.98 Å². The summed E-state index contributed by atoms with van der Waals surface area (Å²) in [5.41, 5.74) is 4.99. The maximum absolute atomic E-state index is 13.2. The van der Waals surface area contributed by atoms with Gasteiger partial charge >= 0.3 is 6.18 Å². The highest BCUT2D eigenvalue weighted by Crippen LogP contribution is 2.50. The van der Waals surface area contributed by atoms with Crippen LogP contribution in [0, 0.1) is 26.7 Å². The Morgan fingerprint density at radius 2 is 1.85 bits per heavy atom. The Hall–Kier alpha value is -2.81. The molecule has 6 nitrogen and oxygen atoms in total. The van der Waals surface area contributed by atoms with Crippen molar-refractivity contribution < 1.29 is 17.9 Å². The molecule has 9 heteroatoms. The van der Waals surface area contributed by atoms with Crippen molar-refractivity contribution in [3.05, 3.63) is 52.6 Å². The van der Waals surface area contributed by atoms with Crippen LogP contribution in [0.15, 0.2) is 24.4 Å². The van der Waals surface area contributed by atoms with E-state index in [0.717, 1.165) is 27.9 Å². The van der Waals surface area contributed by atoms with E-state index in [1.54, 1.807) is 6.20 Å². The van der Waals surface area contributed by atoms with Gasteiger partial charge in [0, 0.05) is 35.4 Å². The number of rotatable bonds is 3. The normalized spacial score (nSPS) is 23.6. The molecule has 0 bridgehead atoms. The molecule has 2 aliphatic rings. The van der Waals surface area contributed by atoms with Crippen LogP contribution in [-0.2, 0) is 4.74 Å². The molecule has 0 N–H and O–H groups in total. The minimum Gasteiger partial charge on any atom is -0.370 e. The summed E-state index contributed by atoms with van der Waals surface area (Å²) in [6.07, 6.45) is -2.43. The molecule has 0 spiro atoms. The number of pyridine rings is 2. The van der Waals surface area contributed by atoms with Crippen LogP contribution >= 0.6 is 0 Å². The van der Waals surface area contributed by atoms with Gasteiger partial charge < -0.3 is 9.64 Å². The predicted molar refractivity (Wildman–Crippen MR) is 118 cm³/mol. The third kappa shape index (κ3) is 4.26. The minimum absolute atomic E-state index is 0.0595. The van der Waals surface area contributed by atoms with E-state index in [0.29, 0.717) is 37.0 Å². The summed E-state index contributed by atoms with van der Waals surface area (Å²) in [5, 5.41) is 0.752. The second-order valence-electron chi connectivity index (χ2n) is 9.11. The second-order valence-corrected chi connectivity index (χ2v) is 9.11. The van der Waals surface area contributed by atoms with Gasteiger partial charge in [0.1, 0.15) is 6.10 Å². The molecule has 2 fully saturated rings. The van der Waals surface area contributed by atoms with Crippen molar-refractivity contribution in [2.75, 3.05) is 24.6 Å². The fourth-order valence-electron chi connectivity index (χ4n) is 4.62. The standard InChI is InChI=1S/C24H26F3N5O/c1-13-8-19-21(17-10-18(11-17)24(25,26)27)30-23(31-22(19)29-15(13)3)32-6-7-33-20(12-32)16-4-5-28-14(2)9-16/h4-5,8-9,17-18,20H,6-7,10-12H2,1-3H3/t17?,18?,20-/m0/s1. The van der Waals surface area contributed by atoms with Crippen molar-refractivity contribution in [2.45, 2.75) is 51.8 Å². The lowest BCUT2D eigenvalue weighted by Gasteiger charge is -2.37. The van der Waals surface area contributed by atoms with E-state index in [2.05, 4.69) is 9.97 Å². The number of morpholine rings is 1. The highest BCUT2D eigenvalue weighted by atomic mass is 19.4. The number of ether oxygens (including phenoxy) is 1. The molecule has 1 atom stereocenters. The number of hydrogen-bond acceptors (Lipinski definition) is 6. The topological polar surface area (TPSA) is 64.0 Å². The summed E-state index contributed by atoms with van der Waals surface area (Å²) < 4.78 is 45.4. The van der Waals surface area contributed by atoms with Gasteiger partial charge in [-0.1, -0.05) is 0 Å². The van der Waals surface area contributed by atoms with Crippen molar-refractivity contribution in [2.24, 2.45) is 5.92 Å². The summed E-state index contributed by atoms with van der Waals surface area (Å²) in [7, 11) is 0. The van der Waals surface area contributed by atoms with Gasteiger partial charge in [0.2, 0.25) is 5.95 Å². The highest BCUT2D eigenvalue weighted by molar-refractivity contribution is 5.80. The Bertz CT molecular complexity index is 1190. The minimum atomic E-state index is -4.16. The molecule has 0 unspecified atom stereocenters. The van der Waals surface area contributed by atoms with Gasteiger partial charge in [0.25, 0.3) is 0 Å². The van der Waals surface area contributed by atoms with Crippen LogP contribution in [0.5, 0.6) is 0 Å². The van der Waals surface area contributed by atoms with Crippen LogP contribution in [0.2, 0.25) is 0 Å². The number of anilines is 1. The van der Waals surface area contributed by atoms with Crippen LogP contribution in [0.1, 0.15) is 53.1 Å². The molecule has 174 valence electrons. The van der Waals surface area contributed by atoms with Gasteiger partial charge in [0.15, 0.2) is 5.65 Å². The first-order chi connectivity index (χ1) is 15.7. The first-order valence-electron chi connectivity index (χ1n) is 11.2. The zero-order valence-corrected chi connectivity index (χ0v) is 18.9. The monoisotopic (exact) mass is 457 g/mol. The van der Waals surface area contributed by atoms with Gasteiger partial charge in [-0.2, -0.15) is 18.2 Å². The Morgan fingerprint density at radius 1 is 1.06 bits per heavy atom. The molecule has 4 heterocycles. The molecular weight excluding hydrogens is 431 g/mol. The average molecular weight is 458 g/mol. The second kappa shape index (κ2) is 8.20. The Kier molecular flexibility index (Phi) is 5.47. The van der Waals surface area contributed by atoms with Crippen molar-refractivity contribution in [1.82, 2.24) is 19.9 Å². The van der Waals surface area contributed by atoms with E-state index in [1.807, 2.05) is 43.9 Å². The molecule has 0 radical (unpaired) electrons. The fraction of sp³-hybridized carbons (Fsp3) is 0.500.